The van der Waals surface area contributed by atoms with Gasteiger partial charge in [0.25, 0.3) is 0 Å². The Kier molecular flexibility index (Phi) is 8.65. The molecular formula is C22H30IN9. The molecule has 170 valence electrons. The van der Waals surface area contributed by atoms with Crippen LogP contribution in [-0.4, -0.2) is 56.5 Å². The molecule has 3 N–H and O–H groups in total. The highest BCUT2D eigenvalue weighted by Crippen LogP contribution is 2.17. The van der Waals surface area contributed by atoms with Crippen molar-refractivity contribution in [3.8, 4) is 0 Å². The lowest BCUT2D eigenvalue weighted by molar-refractivity contribution is 0.667. The van der Waals surface area contributed by atoms with Gasteiger partial charge in [0.1, 0.15) is 12.1 Å². The van der Waals surface area contributed by atoms with Gasteiger partial charge in [0, 0.05) is 51.5 Å². The fourth-order valence-corrected chi connectivity index (χ4v) is 3.57. The van der Waals surface area contributed by atoms with Gasteiger partial charge >= 0.3 is 0 Å². The first-order chi connectivity index (χ1) is 15.3. The zero-order valence-electron chi connectivity index (χ0n) is 18.5. The van der Waals surface area contributed by atoms with Crippen molar-refractivity contribution in [2.45, 2.75) is 19.9 Å². The van der Waals surface area contributed by atoms with Crippen LogP contribution in [-0.2, 0) is 13.6 Å². The fraction of sp³-hybridized carbons (Fsp3) is 0.364. The molecule has 0 bridgehead atoms. The Morgan fingerprint density at radius 1 is 1.09 bits per heavy atom. The molecule has 4 aromatic rings. The van der Waals surface area contributed by atoms with Gasteiger partial charge in [0.05, 0.1) is 11.6 Å². The third-order valence-electron chi connectivity index (χ3n) is 5.09. The van der Waals surface area contributed by atoms with Crippen molar-refractivity contribution in [2.75, 3.05) is 31.5 Å². The number of aromatic nitrogens is 5. The average Bonchev–Trinajstić information content (AvgIpc) is 3.38. The van der Waals surface area contributed by atoms with E-state index in [1.54, 1.807) is 17.2 Å². The Hall–Kier alpha value is -2.89. The number of guanidine groups is 1. The van der Waals surface area contributed by atoms with Gasteiger partial charge in [-0.25, -0.2) is 9.97 Å². The van der Waals surface area contributed by atoms with Crippen LogP contribution in [0.5, 0.6) is 0 Å². The molecule has 0 unspecified atom stereocenters. The van der Waals surface area contributed by atoms with Crippen LogP contribution in [0.2, 0.25) is 0 Å². The second-order valence-corrected chi connectivity index (χ2v) is 7.26. The van der Waals surface area contributed by atoms with Crippen molar-refractivity contribution >= 4 is 57.7 Å². The number of rotatable bonds is 9. The summed E-state index contributed by atoms with van der Waals surface area (Å²) in [6.07, 6.45) is 6.47. The number of hydrogen-bond acceptors (Lipinski definition) is 5. The third kappa shape index (κ3) is 5.67. The zero-order chi connectivity index (χ0) is 21.5. The van der Waals surface area contributed by atoms with E-state index in [1.807, 2.05) is 7.05 Å². The number of fused-ring (bicyclic) bond motifs is 2. The molecule has 0 radical (unpaired) electrons. The first kappa shape index (κ1) is 23.8. The predicted octanol–water partition coefficient (Wildman–Crippen LogP) is 2.99. The molecule has 0 atom stereocenters. The van der Waals surface area contributed by atoms with Gasteiger partial charge in [0.2, 0.25) is 0 Å². The molecule has 0 saturated heterocycles. The SMILES string of the molecule is CCNC(=NCCCn1ccc2ccccc21)NCCNc1ncnc2c1cnn2C.I. The van der Waals surface area contributed by atoms with Crippen molar-refractivity contribution in [1.29, 1.82) is 0 Å². The number of hydrogen-bond donors (Lipinski definition) is 3. The predicted molar refractivity (Wildman–Crippen MR) is 141 cm³/mol. The van der Waals surface area contributed by atoms with Crippen LogP contribution in [0.3, 0.4) is 0 Å². The highest BCUT2D eigenvalue weighted by Gasteiger charge is 2.07. The second-order valence-electron chi connectivity index (χ2n) is 7.26. The largest absolute Gasteiger partial charge is 0.368 e. The van der Waals surface area contributed by atoms with Crippen LogP contribution in [0, 0.1) is 0 Å². The number of para-hydroxylation sites is 1. The third-order valence-corrected chi connectivity index (χ3v) is 5.09. The molecule has 4 rings (SSSR count). The summed E-state index contributed by atoms with van der Waals surface area (Å²) in [7, 11) is 1.87. The fourth-order valence-electron chi connectivity index (χ4n) is 3.57. The number of aryl methyl sites for hydroxylation is 2. The molecule has 0 amide bonds. The first-order valence-corrected chi connectivity index (χ1v) is 10.7. The van der Waals surface area contributed by atoms with Crippen molar-refractivity contribution in [1.82, 2.24) is 34.9 Å². The molecular weight excluding hydrogens is 517 g/mol. The molecule has 9 nitrogen and oxygen atoms in total. The normalized spacial score (nSPS) is 11.5. The van der Waals surface area contributed by atoms with E-state index >= 15 is 0 Å². The summed E-state index contributed by atoms with van der Waals surface area (Å²) in [4.78, 5) is 13.3. The molecule has 3 heterocycles. The monoisotopic (exact) mass is 547 g/mol. The summed E-state index contributed by atoms with van der Waals surface area (Å²) >= 11 is 0. The summed E-state index contributed by atoms with van der Waals surface area (Å²) in [5.74, 6) is 1.62. The Morgan fingerprint density at radius 2 is 1.97 bits per heavy atom. The summed E-state index contributed by atoms with van der Waals surface area (Å²) in [5, 5.41) is 16.5. The van der Waals surface area contributed by atoms with Gasteiger partial charge in [-0.1, -0.05) is 18.2 Å². The maximum absolute atomic E-state index is 4.71. The lowest BCUT2D eigenvalue weighted by Crippen LogP contribution is -2.39. The zero-order valence-corrected chi connectivity index (χ0v) is 20.8. The lowest BCUT2D eigenvalue weighted by atomic mass is 10.2. The van der Waals surface area contributed by atoms with Gasteiger partial charge in [-0.3, -0.25) is 9.67 Å². The molecule has 32 heavy (non-hydrogen) atoms. The Balaban J connectivity index is 0.00000289. The molecule has 0 spiro atoms. The van der Waals surface area contributed by atoms with Crippen molar-refractivity contribution < 1.29 is 0 Å². The van der Waals surface area contributed by atoms with Crippen molar-refractivity contribution in [3.05, 3.63) is 49.1 Å². The standard InChI is InChI=1S/C22H29N9.HI/c1-3-23-22(25-10-6-13-31-14-9-17-7-4-5-8-19(17)31)26-12-11-24-20-18-15-29-30(2)21(18)28-16-27-20;/h4-5,7-9,14-16H,3,6,10-13H2,1-2H3,(H2,23,25,26)(H,24,27,28);1H. The molecule has 10 heteroatoms. The number of nitrogens with one attached hydrogen (secondary N) is 3. The number of nitrogens with zero attached hydrogens (tertiary/aromatic N) is 6. The van der Waals surface area contributed by atoms with E-state index in [1.165, 1.54) is 10.9 Å². The van der Waals surface area contributed by atoms with Crippen LogP contribution in [0.1, 0.15) is 13.3 Å². The highest BCUT2D eigenvalue weighted by atomic mass is 127. The van der Waals surface area contributed by atoms with Crippen LogP contribution >= 0.6 is 24.0 Å². The molecule has 0 saturated carbocycles. The molecule has 3 aromatic heterocycles. The van der Waals surface area contributed by atoms with Gasteiger partial charge in [-0.05, 0) is 30.9 Å². The van der Waals surface area contributed by atoms with E-state index in [4.69, 9.17) is 4.99 Å². The summed E-state index contributed by atoms with van der Waals surface area (Å²) in [5.41, 5.74) is 2.09. The number of halogens is 1. The Morgan fingerprint density at radius 3 is 2.84 bits per heavy atom. The van der Waals surface area contributed by atoms with Crippen LogP contribution in [0.25, 0.3) is 21.9 Å². The minimum Gasteiger partial charge on any atom is -0.368 e. The number of benzene rings is 1. The minimum absolute atomic E-state index is 0. The van der Waals surface area contributed by atoms with E-state index in [9.17, 15) is 0 Å². The van der Waals surface area contributed by atoms with E-state index < -0.39 is 0 Å². The summed E-state index contributed by atoms with van der Waals surface area (Å²) in [6, 6.07) is 10.6. The summed E-state index contributed by atoms with van der Waals surface area (Å²) in [6.45, 7) is 6.04. The first-order valence-electron chi connectivity index (χ1n) is 10.7. The van der Waals surface area contributed by atoms with Gasteiger partial charge in [-0.2, -0.15) is 5.10 Å². The quantitative estimate of drug-likeness (QED) is 0.129. The van der Waals surface area contributed by atoms with Crippen molar-refractivity contribution in [3.63, 3.8) is 0 Å². The van der Waals surface area contributed by atoms with Crippen LogP contribution in [0.15, 0.2) is 54.0 Å². The molecule has 0 aliphatic rings. The van der Waals surface area contributed by atoms with E-state index in [0.29, 0.717) is 6.54 Å². The van der Waals surface area contributed by atoms with Gasteiger partial charge < -0.3 is 20.5 Å². The summed E-state index contributed by atoms with van der Waals surface area (Å²) < 4.78 is 4.03. The van der Waals surface area contributed by atoms with E-state index in [0.717, 1.165) is 55.4 Å². The van der Waals surface area contributed by atoms with E-state index in [-0.39, 0.29) is 24.0 Å². The maximum atomic E-state index is 4.71. The molecule has 0 aliphatic heterocycles. The maximum Gasteiger partial charge on any atom is 0.191 e. The Bertz CT molecular complexity index is 1160. The second kappa shape index (κ2) is 11.7. The lowest BCUT2D eigenvalue weighted by Gasteiger charge is -2.12. The minimum atomic E-state index is 0. The van der Waals surface area contributed by atoms with Gasteiger partial charge in [0.15, 0.2) is 11.6 Å². The van der Waals surface area contributed by atoms with Crippen molar-refractivity contribution in [2.24, 2.45) is 12.0 Å². The van der Waals surface area contributed by atoms with Gasteiger partial charge in [-0.15, -0.1) is 24.0 Å². The van der Waals surface area contributed by atoms with Crippen LogP contribution in [0.4, 0.5) is 5.82 Å². The molecule has 0 fully saturated rings. The topological polar surface area (TPSA) is 97.0 Å². The number of aliphatic imine (C=N–C) groups is 1. The van der Waals surface area contributed by atoms with Crippen LogP contribution < -0.4 is 16.0 Å². The molecule has 0 aliphatic carbocycles. The van der Waals surface area contributed by atoms with E-state index in [2.05, 4.69) is 79.0 Å². The Labute approximate surface area is 204 Å². The number of anilines is 1. The molecule has 1 aromatic carbocycles. The average molecular weight is 547 g/mol. The highest BCUT2D eigenvalue weighted by molar-refractivity contribution is 14.0. The smallest absolute Gasteiger partial charge is 0.191 e.